The number of hydrogen-bond donors (Lipinski definition) is 0. The van der Waals surface area contributed by atoms with E-state index in [1.807, 2.05) is 19.1 Å². The van der Waals surface area contributed by atoms with Gasteiger partial charge >= 0.3 is 0 Å². The Morgan fingerprint density at radius 3 is 2.29 bits per heavy atom. The summed E-state index contributed by atoms with van der Waals surface area (Å²) in [4.78, 5) is 9.87. The van der Waals surface area contributed by atoms with Crippen LogP contribution in [0.25, 0.3) is 0 Å². The molecule has 0 aliphatic carbocycles. The van der Waals surface area contributed by atoms with E-state index in [-0.39, 0.29) is 0 Å². The van der Waals surface area contributed by atoms with Crippen LogP contribution < -0.4 is 4.89 Å². The maximum atomic E-state index is 5.02. The lowest BCUT2D eigenvalue weighted by molar-refractivity contribution is -0.202. The van der Waals surface area contributed by atoms with Gasteiger partial charge in [-0.25, -0.2) is 0 Å². The standard InChI is InChI=1S/C12H18O2/c1-4-10(3)11-6-8-12(9-7-11)14-13-5-2/h6-10H,4-5H2,1-3H3. The summed E-state index contributed by atoms with van der Waals surface area (Å²) in [5.41, 5.74) is 1.34. The van der Waals surface area contributed by atoms with Crippen molar-refractivity contribution in [3.63, 3.8) is 0 Å². The van der Waals surface area contributed by atoms with Crippen molar-refractivity contribution in [3.05, 3.63) is 29.8 Å². The molecule has 2 heteroatoms. The first-order valence-electron chi connectivity index (χ1n) is 5.17. The molecule has 0 saturated carbocycles. The van der Waals surface area contributed by atoms with Gasteiger partial charge in [0, 0.05) is 0 Å². The monoisotopic (exact) mass is 194 g/mol. The largest absolute Gasteiger partial charge is 0.338 e. The second kappa shape index (κ2) is 5.66. The van der Waals surface area contributed by atoms with Gasteiger partial charge in [0.25, 0.3) is 0 Å². The first kappa shape index (κ1) is 11.1. The summed E-state index contributed by atoms with van der Waals surface area (Å²) in [6, 6.07) is 8.05. The van der Waals surface area contributed by atoms with Crippen LogP contribution in [-0.2, 0) is 4.89 Å². The second-order valence-electron chi connectivity index (χ2n) is 3.37. The Labute approximate surface area is 85.8 Å². The summed E-state index contributed by atoms with van der Waals surface area (Å²) >= 11 is 0. The molecule has 0 spiro atoms. The molecule has 0 amide bonds. The summed E-state index contributed by atoms with van der Waals surface area (Å²) < 4.78 is 0. The Balaban J connectivity index is 2.59. The topological polar surface area (TPSA) is 18.5 Å². The summed E-state index contributed by atoms with van der Waals surface area (Å²) in [7, 11) is 0. The third-order valence-electron chi connectivity index (χ3n) is 2.33. The maximum absolute atomic E-state index is 5.02. The predicted molar refractivity (Wildman–Crippen MR) is 57.4 cm³/mol. The fraction of sp³-hybridized carbons (Fsp3) is 0.500. The normalized spacial score (nSPS) is 12.5. The van der Waals surface area contributed by atoms with E-state index < -0.39 is 0 Å². The molecule has 0 fully saturated rings. The van der Waals surface area contributed by atoms with Crippen LogP contribution in [0.5, 0.6) is 5.75 Å². The quantitative estimate of drug-likeness (QED) is 0.527. The smallest absolute Gasteiger partial charge is 0.165 e. The van der Waals surface area contributed by atoms with E-state index in [4.69, 9.17) is 9.78 Å². The highest BCUT2D eigenvalue weighted by Gasteiger charge is 2.02. The highest BCUT2D eigenvalue weighted by Crippen LogP contribution is 2.21. The second-order valence-corrected chi connectivity index (χ2v) is 3.37. The van der Waals surface area contributed by atoms with Crippen molar-refractivity contribution in [3.8, 4) is 5.75 Å². The Bertz CT molecular complexity index is 254. The summed E-state index contributed by atoms with van der Waals surface area (Å²) in [5, 5.41) is 0. The molecule has 1 aromatic carbocycles. The average Bonchev–Trinajstić information content (AvgIpc) is 2.26. The van der Waals surface area contributed by atoms with Gasteiger partial charge in [0.15, 0.2) is 5.75 Å². The van der Waals surface area contributed by atoms with Gasteiger partial charge in [0.1, 0.15) is 0 Å². The predicted octanol–water partition coefficient (Wildman–Crippen LogP) is 3.53. The van der Waals surface area contributed by atoms with Gasteiger partial charge in [-0.2, -0.15) is 4.89 Å². The Kier molecular flexibility index (Phi) is 4.47. The average molecular weight is 194 g/mol. The molecule has 0 bridgehead atoms. The number of hydrogen-bond acceptors (Lipinski definition) is 2. The summed E-state index contributed by atoms with van der Waals surface area (Å²) in [5.74, 6) is 1.37. The van der Waals surface area contributed by atoms with Crippen LogP contribution >= 0.6 is 0 Å². The molecule has 14 heavy (non-hydrogen) atoms. The van der Waals surface area contributed by atoms with Crippen molar-refractivity contribution in [2.75, 3.05) is 6.61 Å². The summed E-state index contributed by atoms with van der Waals surface area (Å²) in [6.07, 6.45) is 1.16. The van der Waals surface area contributed by atoms with Crippen LogP contribution in [0.3, 0.4) is 0 Å². The van der Waals surface area contributed by atoms with Crippen molar-refractivity contribution in [1.82, 2.24) is 0 Å². The third-order valence-corrected chi connectivity index (χ3v) is 2.33. The first-order valence-corrected chi connectivity index (χ1v) is 5.17. The summed E-state index contributed by atoms with van der Waals surface area (Å²) in [6.45, 7) is 6.87. The molecule has 0 heterocycles. The molecule has 78 valence electrons. The molecule has 0 aliphatic rings. The minimum Gasteiger partial charge on any atom is -0.338 e. The number of rotatable bonds is 5. The minimum absolute atomic E-state index is 0.563. The Hall–Kier alpha value is -1.02. The lowest BCUT2D eigenvalue weighted by Crippen LogP contribution is -1.96. The number of benzene rings is 1. The minimum atomic E-state index is 0.563. The SMILES string of the molecule is CCOOc1ccc(C(C)CC)cc1. The zero-order valence-corrected chi connectivity index (χ0v) is 9.12. The van der Waals surface area contributed by atoms with Crippen LogP contribution in [0.2, 0.25) is 0 Å². The third kappa shape index (κ3) is 3.04. The molecule has 0 N–H and O–H groups in total. The molecule has 0 aromatic heterocycles. The van der Waals surface area contributed by atoms with E-state index >= 15 is 0 Å². The molecule has 2 nitrogen and oxygen atoms in total. The van der Waals surface area contributed by atoms with Crippen molar-refractivity contribution >= 4 is 0 Å². The van der Waals surface area contributed by atoms with Gasteiger partial charge in [0.05, 0.1) is 6.61 Å². The van der Waals surface area contributed by atoms with Gasteiger partial charge < -0.3 is 4.89 Å². The van der Waals surface area contributed by atoms with E-state index in [0.29, 0.717) is 12.5 Å². The molecule has 0 aliphatic heterocycles. The lowest BCUT2D eigenvalue weighted by atomic mass is 9.99. The zero-order valence-electron chi connectivity index (χ0n) is 9.12. The van der Waals surface area contributed by atoms with Gasteiger partial charge in [-0.1, -0.05) is 26.0 Å². The van der Waals surface area contributed by atoms with Crippen molar-refractivity contribution < 1.29 is 9.78 Å². The van der Waals surface area contributed by atoms with E-state index in [1.54, 1.807) is 0 Å². The molecule has 0 radical (unpaired) electrons. The van der Waals surface area contributed by atoms with E-state index in [0.717, 1.165) is 12.2 Å². The zero-order chi connectivity index (χ0) is 10.4. The van der Waals surface area contributed by atoms with Crippen LogP contribution in [0.1, 0.15) is 38.7 Å². The van der Waals surface area contributed by atoms with Crippen LogP contribution in [0.4, 0.5) is 0 Å². The maximum Gasteiger partial charge on any atom is 0.165 e. The highest BCUT2D eigenvalue weighted by molar-refractivity contribution is 5.28. The van der Waals surface area contributed by atoms with E-state index in [9.17, 15) is 0 Å². The van der Waals surface area contributed by atoms with Crippen molar-refractivity contribution in [1.29, 1.82) is 0 Å². The van der Waals surface area contributed by atoms with Gasteiger partial charge in [-0.3, -0.25) is 0 Å². The molecule has 1 rings (SSSR count). The highest BCUT2D eigenvalue weighted by atomic mass is 17.2. The van der Waals surface area contributed by atoms with Gasteiger partial charge in [-0.05, 0) is 37.0 Å². The Morgan fingerprint density at radius 1 is 1.14 bits per heavy atom. The van der Waals surface area contributed by atoms with Crippen molar-refractivity contribution in [2.45, 2.75) is 33.1 Å². The molecular formula is C12H18O2. The molecular weight excluding hydrogens is 176 g/mol. The Morgan fingerprint density at radius 2 is 1.79 bits per heavy atom. The molecule has 1 unspecified atom stereocenters. The molecule has 1 aromatic rings. The van der Waals surface area contributed by atoms with E-state index in [2.05, 4.69) is 26.0 Å². The molecule has 1 atom stereocenters. The van der Waals surface area contributed by atoms with Crippen LogP contribution in [0.15, 0.2) is 24.3 Å². The molecule has 0 saturated heterocycles. The fourth-order valence-corrected chi connectivity index (χ4v) is 1.21. The van der Waals surface area contributed by atoms with E-state index in [1.165, 1.54) is 5.56 Å². The van der Waals surface area contributed by atoms with Gasteiger partial charge in [-0.15, -0.1) is 0 Å². The fourth-order valence-electron chi connectivity index (χ4n) is 1.21. The first-order chi connectivity index (χ1) is 6.77. The lowest BCUT2D eigenvalue weighted by Gasteiger charge is -2.09. The van der Waals surface area contributed by atoms with Crippen LogP contribution in [0, 0.1) is 0 Å². The van der Waals surface area contributed by atoms with Crippen molar-refractivity contribution in [2.24, 2.45) is 0 Å². The van der Waals surface area contributed by atoms with Crippen LogP contribution in [-0.4, -0.2) is 6.61 Å². The van der Waals surface area contributed by atoms with Gasteiger partial charge in [0.2, 0.25) is 0 Å².